The van der Waals surface area contributed by atoms with E-state index in [-0.39, 0.29) is 5.91 Å². The molecule has 3 heteroatoms. The van der Waals surface area contributed by atoms with Crippen molar-refractivity contribution in [2.24, 2.45) is 0 Å². The van der Waals surface area contributed by atoms with Crippen LogP contribution in [0.25, 0.3) is 0 Å². The molecule has 0 saturated carbocycles. The fourth-order valence-electron chi connectivity index (χ4n) is 2.64. The van der Waals surface area contributed by atoms with Gasteiger partial charge in [-0.25, -0.2) is 0 Å². The zero-order valence-corrected chi connectivity index (χ0v) is 12.8. The first-order valence-corrected chi connectivity index (χ1v) is 7.61. The highest BCUT2D eigenvalue weighted by Gasteiger charge is 2.23. The van der Waals surface area contributed by atoms with E-state index in [1.165, 1.54) is 18.4 Å². The molecule has 1 aliphatic heterocycles. The molecule has 3 nitrogen and oxygen atoms in total. The SMILES string of the molecule is Cc1cccc(O[C@H](C)C(=O)N2CCCCCC2)c1C. The van der Waals surface area contributed by atoms with Gasteiger partial charge in [0.2, 0.25) is 0 Å². The molecule has 0 spiro atoms. The molecule has 0 bridgehead atoms. The monoisotopic (exact) mass is 275 g/mol. The quantitative estimate of drug-likeness (QED) is 0.845. The molecule has 1 aromatic carbocycles. The first-order chi connectivity index (χ1) is 9.59. The van der Waals surface area contributed by atoms with E-state index in [2.05, 4.69) is 13.0 Å². The van der Waals surface area contributed by atoms with Crippen molar-refractivity contribution < 1.29 is 9.53 Å². The lowest BCUT2D eigenvalue weighted by atomic mass is 10.1. The number of nitrogens with zero attached hydrogens (tertiary/aromatic N) is 1. The van der Waals surface area contributed by atoms with Crippen LogP contribution >= 0.6 is 0 Å². The van der Waals surface area contributed by atoms with Crippen molar-refractivity contribution in [1.82, 2.24) is 4.90 Å². The van der Waals surface area contributed by atoms with Gasteiger partial charge in [0, 0.05) is 13.1 Å². The van der Waals surface area contributed by atoms with Gasteiger partial charge < -0.3 is 9.64 Å². The molecule has 0 N–H and O–H groups in total. The second-order valence-corrected chi connectivity index (χ2v) is 5.70. The predicted molar refractivity (Wildman–Crippen MR) is 81.1 cm³/mol. The van der Waals surface area contributed by atoms with E-state index in [0.717, 1.165) is 37.2 Å². The van der Waals surface area contributed by atoms with Crippen LogP contribution in [0.15, 0.2) is 18.2 Å². The molecule has 1 aliphatic rings. The Morgan fingerprint density at radius 1 is 1.15 bits per heavy atom. The lowest BCUT2D eigenvalue weighted by Gasteiger charge is -2.25. The highest BCUT2D eigenvalue weighted by Crippen LogP contribution is 2.22. The maximum atomic E-state index is 12.5. The molecule has 1 saturated heterocycles. The predicted octanol–water partition coefficient (Wildman–Crippen LogP) is 3.47. The van der Waals surface area contributed by atoms with Crippen LogP contribution in [0, 0.1) is 13.8 Å². The zero-order chi connectivity index (χ0) is 14.5. The summed E-state index contributed by atoms with van der Waals surface area (Å²) < 4.78 is 5.89. The first-order valence-electron chi connectivity index (χ1n) is 7.61. The Hall–Kier alpha value is -1.51. The van der Waals surface area contributed by atoms with Crippen molar-refractivity contribution in [1.29, 1.82) is 0 Å². The summed E-state index contributed by atoms with van der Waals surface area (Å²) in [6.45, 7) is 7.70. The number of amides is 1. The summed E-state index contributed by atoms with van der Waals surface area (Å²) in [5.74, 6) is 0.938. The molecule has 1 aromatic rings. The maximum Gasteiger partial charge on any atom is 0.263 e. The Kier molecular flexibility index (Phi) is 5.05. The van der Waals surface area contributed by atoms with E-state index in [0.29, 0.717) is 0 Å². The number of hydrogen-bond donors (Lipinski definition) is 0. The second-order valence-electron chi connectivity index (χ2n) is 5.70. The lowest BCUT2D eigenvalue weighted by molar-refractivity contribution is -0.137. The summed E-state index contributed by atoms with van der Waals surface area (Å²) in [6.07, 6.45) is 4.28. The highest BCUT2D eigenvalue weighted by molar-refractivity contribution is 5.81. The molecule has 20 heavy (non-hydrogen) atoms. The van der Waals surface area contributed by atoms with E-state index in [1.54, 1.807) is 0 Å². The summed E-state index contributed by atoms with van der Waals surface area (Å²) in [4.78, 5) is 14.4. The molecule has 1 heterocycles. The Morgan fingerprint density at radius 2 is 1.80 bits per heavy atom. The minimum absolute atomic E-state index is 0.118. The fraction of sp³-hybridized carbons (Fsp3) is 0.588. The molecule has 0 aliphatic carbocycles. The van der Waals surface area contributed by atoms with Gasteiger partial charge in [-0.05, 0) is 50.8 Å². The minimum atomic E-state index is -0.409. The van der Waals surface area contributed by atoms with Crippen LogP contribution in [-0.4, -0.2) is 30.0 Å². The molecule has 1 fully saturated rings. The van der Waals surface area contributed by atoms with E-state index in [4.69, 9.17) is 4.74 Å². The number of ether oxygens (including phenoxy) is 1. The van der Waals surface area contributed by atoms with E-state index < -0.39 is 6.10 Å². The summed E-state index contributed by atoms with van der Waals surface area (Å²) in [5.41, 5.74) is 2.31. The maximum absolute atomic E-state index is 12.5. The zero-order valence-electron chi connectivity index (χ0n) is 12.8. The van der Waals surface area contributed by atoms with E-state index in [9.17, 15) is 4.79 Å². The summed E-state index contributed by atoms with van der Waals surface area (Å²) in [7, 11) is 0. The molecule has 0 radical (unpaired) electrons. The molecular formula is C17H25NO2. The Bertz CT molecular complexity index is 462. The van der Waals surface area contributed by atoms with Crippen molar-refractivity contribution in [3.8, 4) is 5.75 Å². The number of rotatable bonds is 3. The summed E-state index contributed by atoms with van der Waals surface area (Å²) >= 11 is 0. The number of benzene rings is 1. The van der Waals surface area contributed by atoms with Crippen LogP contribution in [0.2, 0.25) is 0 Å². The molecule has 1 atom stereocenters. The first kappa shape index (κ1) is 14.9. The normalized spacial score (nSPS) is 17.4. The summed E-state index contributed by atoms with van der Waals surface area (Å²) in [5, 5.41) is 0. The van der Waals surface area contributed by atoms with E-state index in [1.807, 2.05) is 30.9 Å². The number of aryl methyl sites for hydroxylation is 1. The number of hydrogen-bond acceptors (Lipinski definition) is 2. The lowest BCUT2D eigenvalue weighted by Crippen LogP contribution is -2.41. The van der Waals surface area contributed by atoms with E-state index >= 15 is 0 Å². The van der Waals surface area contributed by atoms with Crippen LogP contribution in [0.1, 0.15) is 43.7 Å². The standard InChI is InChI=1S/C17H25NO2/c1-13-9-8-10-16(14(13)2)20-15(3)17(19)18-11-6-4-5-7-12-18/h8-10,15H,4-7,11-12H2,1-3H3/t15-/m1/s1. The molecule has 110 valence electrons. The number of carbonyl (C=O) groups is 1. The molecular weight excluding hydrogens is 250 g/mol. The molecule has 0 aromatic heterocycles. The van der Waals surface area contributed by atoms with Gasteiger partial charge in [0.15, 0.2) is 6.10 Å². The Labute approximate surface area is 121 Å². The van der Waals surface area contributed by atoms with Crippen molar-refractivity contribution >= 4 is 5.91 Å². The van der Waals surface area contributed by atoms with Crippen molar-refractivity contribution in [3.05, 3.63) is 29.3 Å². The Balaban J connectivity index is 2.01. The van der Waals surface area contributed by atoms with Crippen LogP contribution in [0.4, 0.5) is 0 Å². The summed E-state index contributed by atoms with van der Waals surface area (Å²) in [6, 6.07) is 5.97. The minimum Gasteiger partial charge on any atom is -0.481 e. The van der Waals surface area contributed by atoms with Gasteiger partial charge in [-0.1, -0.05) is 25.0 Å². The van der Waals surface area contributed by atoms with Crippen molar-refractivity contribution in [2.45, 2.75) is 52.6 Å². The van der Waals surface area contributed by atoms with Gasteiger partial charge >= 0.3 is 0 Å². The van der Waals surface area contributed by atoms with Crippen LogP contribution in [0.3, 0.4) is 0 Å². The van der Waals surface area contributed by atoms with Gasteiger partial charge in [-0.2, -0.15) is 0 Å². The van der Waals surface area contributed by atoms with Crippen molar-refractivity contribution in [2.75, 3.05) is 13.1 Å². The van der Waals surface area contributed by atoms with Crippen LogP contribution < -0.4 is 4.74 Å². The van der Waals surface area contributed by atoms with Gasteiger partial charge in [-0.3, -0.25) is 4.79 Å². The Morgan fingerprint density at radius 3 is 2.45 bits per heavy atom. The largest absolute Gasteiger partial charge is 0.481 e. The van der Waals surface area contributed by atoms with Crippen molar-refractivity contribution in [3.63, 3.8) is 0 Å². The smallest absolute Gasteiger partial charge is 0.263 e. The van der Waals surface area contributed by atoms with Gasteiger partial charge in [0.05, 0.1) is 0 Å². The molecule has 1 amide bonds. The average molecular weight is 275 g/mol. The third-order valence-corrected chi connectivity index (χ3v) is 4.12. The van der Waals surface area contributed by atoms with Crippen LogP contribution in [0.5, 0.6) is 5.75 Å². The third kappa shape index (κ3) is 3.53. The van der Waals surface area contributed by atoms with Gasteiger partial charge in [-0.15, -0.1) is 0 Å². The van der Waals surface area contributed by atoms with Crippen LogP contribution in [-0.2, 0) is 4.79 Å². The second kappa shape index (κ2) is 6.78. The number of carbonyl (C=O) groups excluding carboxylic acids is 1. The van der Waals surface area contributed by atoms with Gasteiger partial charge in [0.1, 0.15) is 5.75 Å². The molecule has 2 rings (SSSR count). The fourth-order valence-corrected chi connectivity index (χ4v) is 2.64. The topological polar surface area (TPSA) is 29.5 Å². The highest BCUT2D eigenvalue weighted by atomic mass is 16.5. The number of likely N-dealkylation sites (tertiary alicyclic amines) is 1. The van der Waals surface area contributed by atoms with Gasteiger partial charge in [0.25, 0.3) is 5.91 Å². The molecule has 0 unspecified atom stereocenters. The average Bonchev–Trinajstić information content (AvgIpc) is 2.72. The third-order valence-electron chi connectivity index (χ3n) is 4.12.